The molecule has 0 aliphatic carbocycles. The summed E-state index contributed by atoms with van der Waals surface area (Å²) >= 11 is 0. The Labute approximate surface area is 110 Å². The molecule has 0 saturated heterocycles. The number of allylic oxidation sites excluding steroid dienone is 1. The highest BCUT2D eigenvalue weighted by Crippen LogP contribution is 2.54. The SMILES string of the molecule is C=CCCC(F)(F)C(F)(F)C(F)(F)C(F)(F)CCCO. The molecule has 20 heavy (non-hydrogen) atoms. The van der Waals surface area contributed by atoms with Crippen LogP contribution in [0.15, 0.2) is 12.7 Å². The van der Waals surface area contributed by atoms with Gasteiger partial charge >= 0.3 is 23.7 Å². The van der Waals surface area contributed by atoms with Crippen molar-refractivity contribution in [1.29, 1.82) is 0 Å². The third kappa shape index (κ3) is 3.42. The minimum Gasteiger partial charge on any atom is -0.396 e. The van der Waals surface area contributed by atoms with Gasteiger partial charge in [0.1, 0.15) is 0 Å². The van der Waals surface area contributed by atoms with Crippen molar-refractivity contribution in [3.8, 4) is 0 Å². The number of alkyl halides is 8. The van der Waals surface area contributed by atoms with Crippen LogP contribution < -0.4 is 0 Å². The lowest BCUT2D eigenvalue weighted by Gasteiger charge is -2.36. The Morgan fingerprint density at radius 2 is 1.20 bits per heavy atom. The van der Waals surface area contributed by atoms with Gasteiger partial charge in [-0.05, 0) is 12.8 Å². The number of rotatable bonds is 9. The molecule has 0 amide bonds. The monoisotopic (exact) mass is 314 g/mol. The van der Waals surface area contributed by atoms with Gasteiger partial charge in [0, 0.05) is 19.4 Å². The van der Waals surface area contributed by atoms with Crippen molar-refractivity contribution in [3.05, 3.63) is 12.7 Å². The molecule has 0 aromatic carbocycles. The van der Waals surface area contributed by atoms with E-state index in [2.05, 4.69) is 6.58 Å². The zero-order chi connectivity index (χ0) is 16.2. The van der Waals surface area contributed by atoms with Gasteiger partial charge in [0.05, 0.1) is 0 Å². The van der Waals surface area contributed by atoms with Crippen LogP contribution >= 0.6 is 0 Å². The van der Waals surface area contributed by atoms with E-state index >= 15 is 0 Å². The molecule has 0 unspecified atom stereocenters. The highest BCUT2D eigenvalue weighted by atomic mass is 19.4. The summed E-state index contributed by atoms with van der Waals surface area (Å²) in [6.45, 7) is 2.00. The van der Waals surface area contributed by atoms with E-state index in [1.165, 1.54) is 0 Å². The molecule has 0 rings (SSSR count). The smallest absolute Gasteiger partial charge is 0.378 e. The Hall–Kier alpha value is -0.860. The van der Waals surface area contributed by atoms with Crippen molar-refractivity contribution < 1.29 is 40.2 Å². The zero-order valence-corrected chi connectivity index (χ0v) is 10.3. The maximum absolute atomic E-state index is 13.1. The molecule has 0 fully saturated rings. The second-order valence-electron chi connectivity index (χ2n) is 4.21. The van der Waals surface area contributed by atoms with Gasteiger partial charge in [0.25, 0.3) is 0 Å². The minimum atomic E-state index is -6.24. The molecule has 0 spiro atoms. The fraction of sp³-hybridized carbons (Fsp3) is 0.818. The number of hydrogen-bond donors (Lipinski definition) is 1. The van der Waals surface area contributed by atoms with Gasteiger partial charge in [0.2, 0.25) is 0 Å². The van der Waals surface area contributed by atoms with Gasteiger partial charge in [-0.1, -0.05) is 6.08 Å². The molecule has 0 radical (unpaired) electrons. The largest absolute Gasteiger partial charge is 0.396 e. The lowest BCUT2D eigenvalue weighted by atomic mass is 9.93. The number of hydrogen-bond acceptors (Lipinski definition) is 1. The molecule has 0 atom stereocenters. The third-order valence-corrected chi connectivity index (χ3v) is 2.62. The Kier molecular flexibility index (Phi) is 6.01. The van der Waals surface area contributed by atoms with Crippen LogP contribution in [0, 0.1) is 0 Å². The number of halogens is 8. The topological polar surface area (TPSA) is 20.2 Å². The summed E-state index contributed by atoms with van der Waals surface area (Å²) in [5, 5.41) is 8.25. The molecule has 0 aromatic rings. The molecule has 0 aliphatic heterocycles. The highest BCUT2D eigenvalue weighted by molar-refractivity contribution is 5.03. The molecule has 1 N–H and O–H groups in total. The lowest BCUT2D eigenvalue weighted by molar-refractivity contribution is -0.367. The summed E-state index contributed by atoms with van der Waals surface area (Å²) < 4.78 is 105. The maximum atomic E-state index is 13.1. The molecule has 1 nitrogen and oxygen atoms in total. The Balaban J connectivity index is 5.37. The van der Waals surface area contributed by atoms with Gasteiger partial charge in [-0.25, -0.2) is 0 Å². The Morgan fingerprint density at radius 3 is 1.55 bits per heavy atom. The quantitative estimate of drug-likeness (QED) is 0.498. The highest BCUT2D eigenvalue weighted by Gasteiger charge is 2.79. The van der Waals surface area contributed by atoms with Crippen LogP contribution in [0.1, 0.15) is 25.7 Å². The average Bonchev–Trinajstić information content (AvgIpc) is 2.33. The van der Waals surface area contributed by atoms with E-state index in [0.29, 0.717) is 0 Å². The zero-order valence-electron chi connectivity index (χ0n) is 10.3. The van der Waals surface area contributed by atoms with Crippen LogP contribution in [0.3, 0.4) is 0 Å². The van der Waals surface area contributed by atoms with Gasteiger partial charge in [-0.3, -0.25) is 0 Å². The van der Waals surface area contributed by atoms with Crippen molar-refractivity contribution >= 4 is 0 Å². The molecule has 0 saturated carbocycles. The second-order valence-corrected chi connectivity index (χ2v) is 4.21. The van der Waals surface area contributed by atoms with E-state index in [-0.39, 0.29) is 0 Å². The average molecular weight is 314 g/mol. The van der Waals surface area contributed by atoms with Gasteiger partial charge in [0.15, 0.2) is 0 Å². The Bertz CT molecular complexity index is 326. The molecular formula is C11H14F8O. The normalized spacial score (nSPS) is 14.4. The van der Waals surface area contributed by atoms with Crippen LogP contribution in [-0.2, 0) is 0 Å². The first-order chi connectivity index (χ1) is 8.87. The predicted molar refractivity (Wildman–Crippen MR) is 55.5 cm³/mol. The van der Waals surface area contributed by atoms with E-state index in [1.54, 1.807) is 0 Å². The first-order valence-corrected chi connectivity index (χ1v) is 5.60. The molecule has 0 bridgehead atoms. The van der Waals surface area contributed by atoms with Crippen molar-refractivity contribution in [2.75, 3.05) is 6.61 Å². The summed E-state index contributed by atoms with van der Waals surface area (Å²) in [6.07, 6.45) is -4.43. The predicted octanol–water partition coefficient (Wildman–Crippen LogP) is 4.27. The first-order valence-electron chi connectivity index (χ1n) is 5.60. The molecular weight excluding hydrogens is 300 g/mol. The van der Waals surface area contributed by atoms with E-state index < -0.39 is 56.0 Å². The third-order valence-electron chi connectivity index (χ3n) is 2.62. The molecule has 9 heteroatoms. The fourth-order valence-electron chi connectivity index (χ4n) is 1.36. The summed E-state index contributed by atoms with van der Waals surface area (Å²) in [4.78, 5) is 0. The van der Waals surface area contributed by atoms with E-state index in [0.717, 1.165) is 6.08 Å². The molecule has 0 heterocycles. The van der Waals surface area contributed by atoms with Crippen LogP contribution in [0.25, 0.3) is 0 Å². The molecule has 0 aromatic heterocycles. The van der Waals surface area contributed by atoms with Gasteiger partial charge < -0.3 is 5.11 Å². The summed E-state index contributed by atoms with van der Waals surface area (Å²) in [6, 6.07) is 0. The summed E-state index contributed by atoms with van der Waals surface area (Å²) in [5.41, 5.74) is 0. The number of aliphatic hydroxyl groups excluding tert-OH is 1. The van der Waals surface area contributed by atoms with Crippen LogP contribution in [0.2, 0.25) is 0 Å². The summed E-state index contributed by atoms with van der Waals surface area (Å²) in [7, 11) is 0. The standard InChI is InChI=1S/C11H14F8O/c1-2-3-5-8(12,13)10(16,17)11(18,19)9(14,15)6-4-7-20/h2,20H,1,3-7H2. The van der Waals surface area contributed by atoms with Crippen LogP contribution in [-0.4, -0.2) is 35.4 Å². The van der Waals surface area contributed by atoms with E-state index in [9.17, 15) is 35.1 Å². The number of aliphatic hydroxyl groups is 1. The van der Waals surface area contributed by atoms with Crippen molar-refractivity contribution in [1.82, 2.24) is 0 Å². The van der Waals surface area contributed by atoms with E-state index in [4.69, 9.17) is 5.11 Å². The second kappa shape index (κ2) is 6.28. The van der Waals surface area contributed by atoms with Gasteiger partial charge in [-0.15, -0.1) is 6.58 Å². The molecule has 120 valence electrons. The first kappa shape index (κ1) is 19.1. The van der Waals surface area contributed by atoms with Crippen molar-refractivity contribution in [2.24, 2.45) is 0 Å². The van der Waals surface area contributed by atoms with Crippen LogP contribution in [0.4, 0.5) is 35.1 Å². The lowest BCUT2D eigenvalue weighted by Crippen LogP contribution is -2.62. The minimum absolute atomic E-state index is 0.735. The van der Waals surface area contributed by atoms with Gasteiger partial charge in [-0.2, -0.15) is 35.1 Å². The Morgan fingerprint density at radius 1 is 0.800 bits per heavy atom. The maximum Gasteiger partial charge on any atom is 0.378 e. The summed E-state index contributed by atoms with van der Waals surface area (Å²) in [5.74, 6) is -23.1. The van der Waals surface area contributed by atoms with Crippen molar-refractivity contribution in [2.45, 2.75) is 49.4 Å². The van der Waals surface area contributed by atoms with Crippen LogP contribution in [0.5, 0.6) is 0 Å². The van der Waals surface area contributed by atoms with E-state index in [1.807, 2.05) is 0 Å². The van der Waals surface area contributed by atoms with Crippen molar-refractivity contribution in [3.63, 3.8) is 0 Å². The fourth-order valence-corrected chi connectivity index (χ4v) is 1.36. The molecule has 0 aliphatic rings.